The number of hydrogen-bond acceptors (Lipinski definition) is 2. The van der Waals surface area contributed by atoms with Crippen LogP contribution in [0.25, 0.3) is 33.6 Å². The van der Waals surface area contributed by atoms with Gasteiger partial charge < -0.3 is 4.98 Å². The van der Waals surface area contributed by atoms with Crippen LogP contribution in [0.4, 0.5) is 0 Å². The first-order chi connectivity index (χ1) is 17.7. The molecular weight excluding hydrogens is 701 g/mol. The van der Waals surface area contributed by atoms with E-state index in [2.05, 4.69) is 102 Å². The summed E-state index contributed by atoms with van der Waals surface area (Å²) in [5, 5.41) is 0. The van der Waals surface area contributed by atoms with E-state index in [-0.39, 0.29) is 25.5 Å². The summed E-state index contributed by atoms with van der Waals surface area (Å²) in [6.07, 6.45) is 4.05. The first-order valence-electron chi connectivity index (χ1n) is 12.8. The van der Waals surface area contributed by atoms with Gasteiger partial charge in [-0.05, 0) is 22.4 Å². The number of hydrogen-bond donors (Lipinski definition) is 0. The van der Waals surface area contributed by atoms with Gasteiger partial charge in [0.2, 0.25) is 0 Å². The number of pyridine rings is 2. The molecule has 0 saturated heterocycles. The van der Waals surface area contributed by atoms with Gasteiger partial charge >= 0.3 is 99.8 Å². The molecule has 0 unspecified atom stereocenters. The largest absolute Gasteiger partial charge is 0 e. The Hall–Kier alpha value is -2.85. The molecule has 3 aromatic carbocycles. The average Bonchev–Trinajstić information content (AvgIpc) is 3.16. The molecule has 1 aliphatic carbocycles. The third-order valence-electron chi connectivity index (χ3n) is 7.07. The van der Waals surface area contributed by atoms with Gasteiger partial charge in [0.25, 0.3) is 0 Å². The summed E-state index contributed by atoms with van der Waals surface area (Å²) in [7, 11) is 0. The van der Waals surface area contributed by atoms with Gasteiger partial charge in [0.15, 0.2) is 0 Å². The molecule has 193 valence electrons. The second-order valence-electron chi connectivity index (χ2n) is 11.0. The molecule has 1 aliphatic rings. The molecule has 0 amide bonds. The van der Waals surface area contributed by atoms with Gasteiger partial charge in [-0.3, -0.25) is 0 Å². The third kappa shape index (κ3) is 5.76. The summed E-state index contributed by atoms with van der Waals surface area (Å²) >= 11 is -1.72. The zero-order valence-electron chi connectivity index (χ0n) is 22.5. The standard InChI is InChI=1S/C20H16N.C14H16GeN.Ir/c1-20(2)17-11-7-6-10-15(17)16-13-21-19(12-18(16)20)14-8-4-3-5-9-14;1-15(2,3)13-9-10-14(16-11-13)12-7-5-4-6-8-12;/h3-8,10-13H,1-2H3;4-7,9-11H,1-3H3;/q2*-1;. The van der Waals surface area contributed by atoms with Crippen molar-refractivity contribution in [1.82, 2.24) is 9.97 Å². The number of fused-ring (bicyclic) bond motifs is 3. The first kappa shape index (κ1) is 28.2. The van der Waals surface area contributed by atoms with Gasteiger partial charge in [-0.25, -0.2) is 0 Å². The Kier molecular flexibility index (Phi) is 8.52. The molecule has 38 heavy (non-hydrogen) atoms. The molecule has 2 nitrogen and oxygen atoms in total. The van der Waals surface area contributed by atoms with Crippen molar-refractivity contribution < 1.29 is 20.1 Å². The van der Waals surface area contributed by atoms with Crippen LogP contribution in [0, 0.1) is 12.1 Å². The Morgan fingerprint density at radius 1 is 0.632 bits per heavy atom. The molecule has 0 N–H and O–H groups in total. The van der Waals surface area contributed by atoms with Crippen molar-refractivity contribution in [2.75, 3.05) is 0 Å². The molecule has 0 saturated carbocycles. The van der Waals surface area contributed by atoms with Gasteiger partial charge in [0.05, 0.1) is 0 Å². The van der Waals surface area contributed by atoms with E-state index in [1.54, 1.807) is 0 Å². The van der Waals surface area contributed by atoms with Gasteiger partial charge in [0.1, 0.15) is 0 Å². The predicted molar refractivity (Wildman–Crippen MR) is 158 cm³/mol. The fourth-order valence-corrected chi connectivity index (χ4v) is 7.02. The van der Waals surface area contributed by atoms with Crippen molar-refractivity contribution in [3.05, 3.63) is 127 Å². The molecule has 0 spiro atoms. The Labute approximate surface area is 243 Å². The third-order valence-corrected chi connectivity index (χ3v) is 11.3. The Morgan fingerprint density at radius 2 is 1.24 bits per heavy atom. The number of nitrogens with zero attached hydrogens (tertiary/aromatic N) is 2. The second-order valence-corrected chi connectivity index (χ2v) is 21.7. The van der Waals surface area contributed by atoms with E-state index in [0.29, 0.717) is 0 Å². The summed E-state index contributed by atoms with van der Waals surface area (Å²) in [6, 6.07) is 37.6. The zero-order valence-corrected chi connectivity index (χ0v) is 27.0. The van der Waals surface area contributed by atoms with Gasteiger partial charge in [-0.1, -0.05) is 44.2 Å². The number of benzene rings is 3. The fraction of sp³-hybridized carbons (Fsp3) is 0.176. The quantitative estimate of drug-likeness (QED) is 0.139. The van der Waals surface area contributed by atoms with Crippen LogP contribution in [0.1, 0.15) is 25.0 Å². The van der Waals surface area contributed by atoms with Crippen molar-refractivity contribution >= 4 is 17.7 Å². The number of aromatic nitrogens is 2. The average molecular weight is 733 g/mol. The maximum atomic E-state index is 4.65. The van der Waals surface area contributed by atoms with Crippen LogP contribution >= 0.6 is 0 Å². The van der Waals surface area contributed by atoms with Crippen molar-refractivity contribution in [1.29, 1.82) is 0 Å². The Bertz CT molecular complexity index is 1510. The van der Waals surface area contributed by atoms with Gasteiger partial charge in [0, 0.05) is 37.3 Å². The van der Waals surface area contributed by atoms with E-state index < -0.39 is 13.3 Å². The van der Waals surface area contributed by atoms with Crippen LogP contribution in [0.15, 0.2) is 103 Å². The van der Waals surface area contributed by atoms with Crippen LogP contribution in [0.3, 0.4) is 0 Å². The van der Waals surface area contributed by atoms with E-state index in [1.165, 1.54) is 26.6 Å². The van der Waals surface area contributed by atoms with Crippen molar-refractivity contribution in [2.45, 2.75) is 36.5 Å². The van der Waals surface area contributed by atoms with Crippen molar-refractivity contribution in [3.8, 4) is 33.6 Å². The first-order valence-corrected chi connectivity index (χ1v) is 20.1. The maximum absolute atomic E-state index is 4.65. The minimum absolute atomic E-state index is 0. The second kappa shape index (κ2) is 11.5. The molecule has 0 atom stereocenters. The Balaban J connectivity index is 0.000000179. The topological polar surface area (TPSA) is 25.8 Å². The molecule has 0 bridgehead atoms. The molecule has 0 aliphatic heterocycles. The van der Waals surface area contributed by atoms with Crippen LogP contribution in [0.5, 0.6) is 0 Å². The fourth-order valence-electron chi connectivity index (χ4n) is 4.84. The minimum Gasteiger partial charge on any atom is 0 e. The zero-order chi connectivity index (χ0) is 26.0. The predicted octanol–water partition coefficient (Wildman–Crippen LogP) is 7.95. The summed E-state index contributed by atoms with van der Waals surface area (Å²) < 4.78 is 1.44. The van der Waals surface area contributed by atoms with E-state index in [1.807, 2.05) is 54.9 Å². The SMILES string of the molecule is CC1(C)c2ccccc2-c2cnc(-c3[c-]cccc3)cc21.[CH3][Ge]([CH3])([CH3])[c]1ccc(-c2[c-]cccc2)nc1.[Ir]. The van der Waals surface area contributed by atoms with Crippen LogP contribution in [-0.4, -0.2) is 23.2 Å². The molecular formula is C34H32GeIrN2-2. The molecule has 2 heterocycles. The van der Waals surface area contributed by atoms with E-state index in [4.69, 9.17) is 0 Å². The summed E-state index contributed by atoms with van der Waals surface area (Å²) in [4.78, 5) is 9.18. The molecule has 5 aromatic rings. The Morgan fingerprint density at radius 3 is 1.82 bits per heavy atom. The summed E-state index contributed by atoms with van der Waals surface area (Å²) in [5.41, 5.74) is 9.46. The van der Waals surface area contributed by atoms with E-state index in [9.17, 15) is 0 Å². The molecule has 4 heteroatoms. The molecule has 1 radical (unpaired) electrons. The normalized spacial score (nSPS) is 12.9. The van der Waals surface area contributed by atoms with Crippen molar-refractivity contribution in [3.63, 3.8) is 0 Å². The van der Waals surface area contributed by atoms with E-state index >= 15 is 0 Å². The molecule has 6 rings (SSSR count). The monoisotopic (exact) mass is 735 g/mol. The van der Waals surface area contributed by atoms with Gasteiger partial charge in [-0.15, -0.1) is 35.9 Å². The van der Waals surface area contributed by atoms with Crippen LogP contribution in [0.2, 0.25) is 17.3 Å². The molecule has 2 aromatic heterocycles. The minimum atomic E-state index is -1.72. The van der Waals surface area contributed by atoms with Crippen LogP contribution < -0.4 is 4.40 Å². The molecule has 0 fully saturated rings. The van der Waals surface area contributed by atoms with E-state index in [0.717, 1.165) is 22.5 Å². The maximum Gasteiger partial charge on any atom is 0 e. The smallest absolute Gasteiger partial charge is 0 e. The van der Waals surface area contributed by atoms with Crippen LogP contribution in [-0.2, 0) is 25.5 Å². The number of rotatable bonds is 3. The summed E-state index contributed by atoms with van der Waals surface area (Å²) in [5.74, 6) is 7.14. The van der Waals surface area contributed by atoms with Gasteiger partial charge in [-0.2, -0.15) is 0 Å². The van der Waals surface area contributed by atoms with Crippen molar-refractivity contribution in [2.24, 2.45) is 0 Å². The summed E-state index contributed by atoms with van der Waals surface area (Å²) in [6.45, 7) is 4.58.